The predicted molar refractivity (Wildman–Crippen MR) is 107 cm³/mol. The highest BCUT2D eigenvalue weighted by molar-refractivity contribution is 7.13. The summed E-state index contributed by atoms with van der Waals surface area (Å²) in [5.41, 5.74) is 1.09. The van der Waals surface area contributed by atoms with Crippen molar-refractivity contribution in [2.45, 2.75) is 13.5 Å². The van der Waals surface area contributed by atoms with Gasteiger partial charge in [-0.25, -0.2) is 4.68 Å². The fourth-order valence-corrected chi connectivity index (χ4v) is 4.08. The first-order valence-corrected chi connectivity index (χ1v) is 9.95. The van der Waals surface area contributed by atoms with Crippen LogP contribution in [-0.2, 0) is 6.54 Å². The van der Waals surface area contributed by atoms with E-state index in [0.717, 1.165) is 27.0 Å². The van der Waals surface area contributed by atoms with Gasteiger partial charge in [0.2, 0.25) is 5.95 Å². The molecule has 28 heavy (non-hydrogen) atoms. The summed E-state index contributed by atoms with van der Waals surface area (Å²) in [5, 5.41) is 12.2. The van der Waals surface area contributed by atoms with Gasteiger partial charge in [0.15, 0.2) is 0 Å². The Hall–Kier alpha value is -2.94. The van der Waals surface area contributed by atoms with Crippen molar-refractivity contribution in [2.75, 3.05) is 38.2 Å². The summed E-state index contributed by atoms with van der Waals surface area (Å²) in [6, 6.07) is 11.8. The number of aromatic nitrogens is 4. The first-order valence-electron chi connectivity index (χ1n) is 9.14. The maximum Gasteiger partial charge on any atom is 0.264 e. The van der Waals surface area contributed by atoms with Gasteiger partial charge in [0.25, 0.3) is 5.91 Å². The van der Waals surface area contributed by atoms with E-state index in [9.17, 15) is 4.79 Å². The molecule has 1 fully saturated rings. The molecule has 3 heterocycles. The highest BCUT2D eigenvalue weighted by Crippen LogP contribution is 2.20. The number of methoxy groups -OCH3 is 1. The van der Waals surface area contributed by atoms with Gasteiger partial charge in [0.05, 0.1) is 18.5 Å². The lowest BCUT2D eigenvalue weighted by atomic mass is 10.2. The predicted octanol–water partition coefficient (Wildman–Crippen LogP) is 2.06. The summed E-state index contributed by atoms with van der Waals surface area (Å²) in [5.74, 6) is 1.66. The number of thiophene rings is 1. The monoisotopic (exact) mass is 398 g/mol. The van der Waals surface area contributed by atoms with Crippen LogP contribution < -0.4 is 9.64 Å². The van der Waals surface area contributed by atoms with Crippen LogP contribution in [0.2, 0.25) is 0 Å². The summed E-state index contributed by atoms with van der Waals surface area (Å²) in [6.07, 6.45) is 0. The third kappa shape index (κ3) is 3.84. The second-order valence-electron chi connectivity index (χ2n) is 6.67. The average molecular weight is 398 g/mol. The van der Waals surface area contributed by atoms with Crippen LogP contribution in [0.3, 0.4) is 0 Å². The molecule has 1 aliphatic heterocycles. The minimum Gasteiger partial charge on any atom is -0.497 e. The second-order valence-corrected chi connectivity index (χ2v) is 7.96. The van der Waals surface area contributed by atoms with Gasteiger partial charge in [-0.15, -0.1) is 11.3 Å². The third-order valence-corrected chi connectivity index (χ3v) is 5.79. The number of hydrogen-bond acceptors (Lipinski definition) is 7. The molecule has 0 saturated carbocycles. The standard InChI is InChI=1S/C19H22N6O2S/c1-14-3-8-17(28-14)18(26)23-9-11-24(12-10-23)19-20-21-22-25(19)13-15-4-6-16(27-2)7-5-15/h3-8H,9-13H2,1-2H3. The van der Waals surface area contributed by atoms with Crippen LogP contribution in [0.5, 0.6) is 5.75 Å². The van der Waals surface area contributed by atoms with E-state index in [1.165, 1.54) is 0 Å². The van der Waals surface area contributed by atoms with E-state index in [4.69, 9.17) is 4.74 Å². The lowest BCUT2D eigenvalue weighted by Gasteiger charge is -2.34. The molecule has 8 nitrogen and oxygen atoms in total. The number of hydrogen-bond donors (Lipinski definition) is 0. The minimum absolute atomic E-state index is 0.107. The van der Waals surface area contributed by atoms with Crippen LogP contribution >= 0.6 is 11.3 Å². The van der Waals surface area contributed by atoms with Gasteiger partial charge >= 0.3 is 0 Å². The van der Waals surface area contributed by atoms with E-state index < -0.39 is 0 Å². The number of carbonyl (C=O) groups is 1. The zero-order chi connectivity index (χ0) is 19.5. The van der Waals surface area contributed by atoms with Crippen molar-refractivity contribution in [3.8, 4) is 5.75 Å². The van der Waals surface area contributed by atoms with Gasteiger partial charge in [-0.3, -0.25) is 4.79 Å². The van der Waals surface area contributed by atoms with E-state index in [0.29, 0.717) is 32.7 Å². The number of carbonyl (C=O) groups excluding carboxylic acids is 1. The van der Waals surface area contributed by atoms with E-state index in [-0.39, 0.29) is 5.91 Å². The van der Waals surface area contributed by atoms with Crippen LogP contribution in [-0.4, -0.2) is 64.3 Å². The number of benzene rings is 1. The lowest BCUT2D eigenvalue weighted by Crippen LogP contribution is -2.49. The summed E-state index contributed by atoms with van der Waals surface area (Å²) in [6.45, 7) is 5.33. The smallest absolute Gasteiger partial charge is 0.264 e. The topological polar surface area (TPSA) is 76.4 Å². The van der Waals surface area contributed by atoms with Gasteiger partial charge in [0.1, 0.15) is 5.75 Å². The zero-order valence-corrected chi connectivity index (χ0v) is 16.7. The summed E-state index contributed by atoms with van der Waals surface area (Å²) in [4.78, 5) is 18.6. The molecule has 9 heteroatoms. The Bertz CT molecular complexity index is 944. The van der Waals surface area contributed by atoms with Gasteiger partial charge in [-0.05, 0) is 47.2 Å². The normalized spacial score (nSPS) is 14.4. The highest BCUT2D eigenvalue weighted by Gasteiger charge is 2.25. The van der Waals surface area contributed by atoms with Crippen molar-refractivity contribution >= 4 is 23.2 Å². The third-order valence-electron chi connectivity index (χ3n) is 4.81. The second kappa shape index (κ2) is 7.97. The Balaban J connectivity index is 1.40. The van der Waals surface area contributed by atoms with Crippen molar-refractivity contribution in [3.05, 3.63) is 51.7 Å². The van der Waals surface area contributed by atoms with E-state index in [1.807, 2.05) is 48.2 Å². The Labute approximate surface area is 167 Å². The first kappa shape index (κ1) is 18.4. The Kier molecular flexibility index (Phi) is 5.25. The Morgan fingerprint density at radius 3 is 2.50 bits per heavy atom. The molecule has 1 saturated heterocycles. The van der Waals surface area contributed by atoms with E-state index in [1.54, 1.807) is 23.1 Å². The van der Waals surface area contributed by atoms with Crippen molar-refractivity contribution < 1.29 is 9.53 Å². The number of anilines is 1. The average Bonchev–Trinajstić information content (AvgIpc) is 3.37. The molecule has 0 aliphatic carbocycles. The largest absolute Gasteiger partial charge is 0.497 e. The molecule has 0 atom stereocenters. The molecule has 1 aliphatic rings. The minimum atomic E-state index is 0.107. The molecule has 1 amide bonds. The van der Waals surface area contributed by atoms with Crippen molar-refractivity contribution in [3.63, 3.8) is 0 Å². The SMILES string of the molecule is COc1ccc(Cn2nnnc2N2CCN(C(=O)c3ccc(C)s3)CC2)cc1. The number of rotatable bonds is 5. The molecular weight excluding hydrogens is 376 g/mol. The van der Waals surface area contributed by atoms with Gasteiger partial charge < -0.3 is 14.5 Å². The van der Waals surface area contributed by atoms with Crippen LogP contribution in [0, 0.1) is 6.92 Å². The van der Waals surface area contributed by atoms with Crippen LogP contribution in [0.4, 0.5) is 5.95 Å². The molecule has 146 valence electrons. The maximum absolute atomic E-state index is 12.6. The molecule has 1 aromatic carbocycles. The molecule has 0 spiro atoms. The fraction of sp³-hybridized carbons (Fsp3) is 0.368. The van der Waals surface area contributed by atoms with Gasteiger partial charge in [-0.2, -0.15) is 0 Å². The molecule has 0 N–H and O–H groups in total. The van der Waals surface area contributed by atoms with Crippen LogP contribution in [0.15, 0.2) is 36.4 Å². The summed E-state index contributed by atoms with van der Waals surface area (Å²) >= 11 is 1.54. The van der Waals surface area contributed by atoms with E-state index >= 15 is 0 Å². The molecule has 0 radical (unpaired) electrons. The van der Waals surface area contributed by atoms with Crippen LogP contribution in [0.1, 0.15) is 20.1 Å². The first-order chi connectivity index (χ1) is 13.6. The number of aryl methyl sites for hydroxylation is 1. The highest BCUT2D eigenvalue weighted by atomic mass is 32.1. The molecule has 0 unspecified atom stereocenters. The molecule has 2 aromatic heterocycles. The number of piperazine rings is 1. The zero-order valence-electron chi connectivity index (χ0n) is 15.9. The lowest BCUT2D eigenvalue weighted by molar-refractivity contribution is 0.0751. The summed E-state index contributed by atoms with van der Waals surface area (Å²) in [7, 11) is 1.65. The van der Waals surface area contributed by atoms with Crippen molar-refractivity contribution in [1.29, 1.82) is 0 Å². The number of ether oxygens (including phenoxy) is 1. The Morgan fingerprint density at radius 2 is 1.86 bits per heavy atom. The number of nitrogens with zero attached hydrogens (tertiary/aromatic N) is 6. The molecular formula is C19H22N6O2S. The quantitative estimate of drug-likeness (QED) is 0.655. The molecule has 4 rings (SSSR count). The van der Waals surface area contributed by atoms with E-state index in [2.05, 4.69) is 20.4 Å². The number of amides is 1. The molecule has 3 aromatic rings. The van der Waals surface area contributed by atoms with Gasteiger partial charge in [0, 0.05) is 31.1 Å². The van der Waals surface area contributed by atoms with Crippen molar-refractivity contribution in [1.82, 2.24) is 25.1 Å². The Morgan fingerprint density at radius 1 is 1.11 bits per heavy atom. The van der Waals surface area contributed by atoms with Crippen molar-refractivity contribution in [2.24, 2.45) is 0 Å². The van der Waals surface area contributed by atoms with Crippen LogP contribution in [0.25, 0.3) is 0 Å². The number of tetrazole rings is 1. The summed E-state index contributed by atoms with van der Waals surface area (Å²) < 4.78 is 6.99. The fourth-order valence-electron chi connectivity index (χ4n) is 3.25. The maximum atomic E-state index is 12.6. The molecule has 0 bridgehead atoms. The van der Waals surface area contributed by atoms with Gasteiger partial charge in [-0.1, -0.05) is 17.2 Å².